The maximum Gasteiger partial charge on any atom is 0.219 e. The number of anilines is 1. The molecule has 1 atom stereocenters. The number of benzene rings is 1. The molecule has 1 aromatic heterocycles. The zero-order valence-electron chi connectivity index (χ0n) is 12.7. The molecule has 1 aromatic carbocycles. The van der Waals surface area contributed by atoms with E-state index in [2.05, 4.69) is 26.2 Å². The topological polar surface area (TPSA) is 45.2 Å². The molecule has 1 amide bonds. The van der Waals surface area contributed by atoms with Crippen molar-refractivity contribution < 1.29 is 9.18 Å². The molecular weight excluding hydrogens is 361 g/mol. The Hall–Kier alpha value is -1.95. The Morgan fingerprint density at radius 3 is 2.96 bits per heavy atom. The Balaban J connectivity index is 1.93. The highest BCUT2D eigenvalue weighted by atomic mass is 79.9. The third kappa shape index (κ3) is 3.69. The van der Waals surface area contributed by atoms with Gasteiger partial charge in [-0.15, -0.1) is 0 Å². The van der Waals surface area contributed by atoms with E-state index in [1.807, 2.05) is 6.07 Å². The summed E-state index contributed by atoms with van der Waals surface area (Å²) in [5.74, 6) is -0.276. The molecule has 0 bridgehead atoms. The summed E-state index contributed by atoms with van der Waals surface area (Å²) in [6.45, 7) is 2.62. The fourth-order valence-corrected chi connectivity index (χ4v) is 3.25. The maximum atomic E-state index is 13.6. The summed E-state index contributed by atoms with van der Waals surface area (Å²) in [5, 5.41) is 3.44. The smallest absolute Gasteiger partial charge is 0.219 e. The molecule has 23 heavy (non-hydrogen) atoms. The first-order chi connectivity index (χ1) is 11.0. The van der Waals surface area contributed by atoms with E-state index < -0.39 is 0 Å². The molecule has 0 fully saturated rings. The highest BCUT2D eigenvalue weighted by Crippen LogP contribution is 2.30. The number of amides is 1. The fraction of sp³-hybridized carbons (Fsp3) is 0.294. The number of carbonyl (C=O) groups excluding carboxylic acids is 1. The van der Waals surface area contributed by atoms with Crippen LogP contribution in [0.25, 0.3) is 0 Å². The molecule has 1 N–H and O–H groups in total. The largest absolute Gasteiger partial charge is 0.377 e. The van der Waals surface area contributed by atoms with Crippen LogP contribution in [0, 0.1) is 5.82 Å². The first kappa shape index (κ1) is 15.9. The van der Waals surface area contributed by atoms with E-state index in [0.717, 1.165) is 27.7 Å². The number of nitrogens with one attached hydrogen (secondary N) is 1. The van der Waals surface area contributed by atoms with Gasteiger partial charge in [0.2, 0.25) is 5.91 Å². The van der Waals surface area contributed by atoms with Crippen molar-refractivity contribution in [3.8, 4) is 0 Å². The van der Waals surface area contributed by atoms with Crippen LogP contribution in [0.5, 0.6) is 0 Å². The monoisotopic (exact) mass is 377 g/mol. The minimum absolute atomic E-state index is 0.00461. The van der Waals surface area contributed by atoms with E-state index in [1.54, 1.807) is 30.3 Å². The zero-order valence-corrected chi connectivity index (χ0v) is 14.3. The molecule has 1 unspecified atom stereocenters. The lowest BCUT2D eigenvalue weighted by Gasteiger charge is -2.20. The van der Waals surface area contributed by atoms with E-state index >= 15 is 0 Å². The fourth-order valence-electron chi connectivity index (χ4n) is 2.89. The predicted molar refractivity (Wildman–Crippen MR) is 90.4 cm³/mol. The van der Waals surface area contributed by atoms with Crippen molar-refractivity contribution in [3.63, 3.8) is 0 Å². The lowest BCUT2D eigenvalue weighted by Crippen LogP contribution is -2.28. The lowest BCUT2D eigenvalue weighted by atomic mass is 9.99. The van der Waals surface area contributed by atoms with E-state index in [1.165, 1.54) is 12.1 Å². The molecule has 0 saturated heterocycles. The van der Waals surface area contributed by atoms with Gasteiger partial charge in [-0.1, -0.05) is 6.07 Å². The van der Waals surface area contributed by atoms with Gasteiger partial charge in [-0.05, 0) is 51.7 Å². The standard InChI is InChI=1S/C17H17BrFN3O/c1-11(23)22-5-4-17(21-15-7-13(18)8-20-9-15)16-3-2-14(19)6-12(16)10-22/h2-3,6-9,17,21H,4-5,10H2,1H3. The normalized spacial score (nSPS) is 17.3. The first-order valence-corrected chi connectivity index (χ1v) is 8.23. The Kier molecular flexibility index (Phi) is 4.61. The van der Waals surface area contributed by atoms with Crippen molar-refractivity contribution in [3.05, 3.63) is 58.1 Å². The quantitative estimate of drug-likeness (QED) is 0.863. The first-order valence-electron chi connectivity index (χ1n) is 7.44. The Bertz CT molecular complexity index is 738. The van der Waals surface area contributed by atoms with Gasteiger partial charge in [0.1, 0.15) is 5.82 Å². The number of aromatic nitrogens is 1. The van der Waals surface area contributed by atoms with E-state index in [0.29, 0.717) is 13.1 Å². The molecule has 2 heterocycles. The van der Waals surface area contributed by atoms with E-state index in [-0.39, 0.29) is 17.8 Å². The second-order valence-corrected chi connectivity index (χ2v) is 6.58. The van der Waals surface area contributed by atoms with Gasteiger partial charge in [0.25, 0.3) is 0 Å². The zero-order chi connectivity index (χ0) is 16.4. The summed E-state index contributed by atoms with van der Waals surface area (Å²) in [6, 6.07) is 6.74. The molecule has 0 spiro atoms. The minimum Gasteiger partial charge on any atom is -0.377 e. The third-order valence-corrected chi connectivity index (χ3v) is 4.45. The number of pyridine rings is 1. The number of nitrogens with zero attached hydrogens (tertiary/aromatic N) is 2. The van der Waals surface area contributed by atoms with Crippen LogP contribution >= 0.6 is 15.9 Å². The van der Waals surface area contributed by atoms with Crippen LogP contribution in [0.15, 0.2) is 41.1 Å². The summed E-state index contributed by atoms with van der Waals surface area (Å²) in [5.41, 5.74) is 2.75. The van der Waals surface area contributed by atoms with Crippen LogP contribution in [-0.2, 0) is 11.3 Å². The highest BCUT2D eigenvalue weighted by Gasteiger charge is 2.24. The SMILES string of the molecule is CC(=O)N1CCC(Nc2cncc(Br)c2)c2ccc(F)cc2C1. The highest BCUT2D eigenvalue weighted by molar-refractivity contribution is 9.10. The van der Waals surface area contributed by atoms with Gasteiger partial charge < -0.3 is 10.2 Å². The minimum atomic E-state index is -0.281. The van der Waals surface area contributed by atoms with Gasteiger partial charge in [0, 0.05) is 30.7 Å². The predicted octanol–water partition coefficient (Wildman–Crippen LogP) is 3.89. The van der Waals surface area contributed by atoms with E-state index in [9.17, 15) is 9.18 Å². The number of rotatable bonds is 2. The van der Waals surface area contributed by atoms with Crippen LogP contribution in [0.4, 0.5) is 10.1 Å². The number of fused-ring (bicyclic) bond motifs is 1. The molecule has 1 aliphatic heterocycles. The van der Waals surface area contributed by atoms with Crippen molar-refractivity contribution in [1.82, 2.24) is 9.88 Å². The molecule has 3 rings (SSSR count). The van der Waals surface area contributed by atoms with Crippen molar-refractivity contribution in [2.24, 2.45) is 0 Å². The summed E-state index contributed by atoms with van der Waals surface area (Å²) >= 11 is 3.41. The number of hydrogen-bond donors (Lipinski definition) is 1. The Morgan fingerprint density at radius 2 is 2.22 bits per heavy atom. The average Bonchev–Trinajstić information content (AvgIpc) is 2.67. The van der Waals surface area contributed by atoms with Crippen molar-refractivity contribution in [2.75, 3.05) is 11.9 Å². The molecule has 2 aromatic rings. The Morgan fingerprint density at radius 1 is 1.39 bits per heavy atom. The molecule has 4 nitrogen and oxygen atoms in total. The summed E-state index contributed by atoms with van der Waals surface area (Å²) in [4.78, 5) is 17.7. The Labute approximate surface area is 142 Å². The summed E-state index contributed by atoms with van der Waals surface area (Å²) in [6.07, 6.45) is 4.23. The molecule has 120 valence electrons. The van der Waals surface area contributed by atoms with Gasteiger partial charge in [0.05, 0.1) is 17.9 Å². The third-order valence-electron chi connectivity index (χ3n) is 4.02. The maximum absolute atomic E-state index is 13.6. The molecule has 0 aliphatic carbocycles. The van der Waals surface area contributed by atoms with Gasteiger partial charge in [-0.2, -0.15) is 0 Å². The van der Waals surface area contributed by atoms with Crippen LogP contribution in [0.3, 0.4) is 0 Å². The number of hydrogen-bond acceptors (Lipinski definition) is 3. The van der Waals surface area contributed by atoms with Crippen molar-refractivity contribution in [1.29, 1.82) is 0 Å². The van der Waals surface area contributed by atoms with Gasteiger partial charge >= 0.3 is 0 Å². The van der Waals surface area contributed by atoms with Crippen molar-refractivity contribution >= 4 is 27.5 Å². The molecular formula is C17H17BrFN3O. The second kappa shape index (κ2) is 6.66. The van der Waals surface area contributed by atoms with Crippen molar-refractivity contribution in [2.45, 2.75) is 25.9 Å². The van der Waals surface area contributed by atoms with Gasteiger partial charge in [-0.3, -0.25) is 9.78 Å². The molecule has 0 radical (unpaired) electrons. The summed E-state index contributed by atoms with van der Waals surface area (Å²) in [7, 11) is 0. The second-order valence-electron chi connectivity index (χ2n) is 5.66. The average molecular weight is 378 g/mol. The number of halogens is 2. The van der Waals surface area contributed by atoms with Crippen LogP contribution in [0.2, 0.25) is 0 Å². The van der Waals surface area contributed by atoms with Crippen LogP contribution < -0.4 is 5.32 Å². The van der Waals surface area contributed by atoms with Crippen LogP contribution in [-0.4, -0.2) is 22.3 Å². The number of carbonyl (C=O) groups is 1. The van der Waals surface area contributed by atoms with E-state index in [4.69, 9.17) is 0 Å². The molecule has 0 saturated carbocycles. The molecule has 1 aliphatic rings. The van der Waals surface area contributed by atoms with Gasteiger partial charge in [0.15, 0.2) is 0 Å². The lowest BCUT2D eigenvalue weighted by molar-refractivity contribution is -0.129. The summed E-state index contributed by atoms with van der Waals surface area (Å²) < 4.78 is 14.5. The van der Waals surface area contributed by atoms with Crippen LogP contribution in [0.1, 0.15) is 30.5 Å². The van der Waals surface area contributed by atoms with Gasteiger partial charge in [-0.25, -0.2) is 4.39 Å². The molecule has 6 heteroatoms.